The van der Waals surface area contributed by atoms with Crippen molar-refractivity contribution in [3.05, 3.63) is 35.4 Å². The lowest BCUT2D eigenvalue weighted by atomic mass is 10.1. The molecular weight excluding hydrogens is 322 g/mol. The molecule has 1 aliphatic carbocycles. The zero-order chi connectivity index (χ0) is 16.7. The molecule has 0 atom stereocenters. The summed E-state index contributed by atoms with van der Waals surface area (Å²) in [6.07, 6.45) is 3.61. The molecule has 0 amide bonds. The van der Waals surface area contributed by atoms with Crippen LogP contribution in [0.4, 0.5) is 0 Å². The fourth-order valence-corrected chi connectivity index (χ4v) is 4.32. The van der Waals surface area contributed by atoms with E-state index in [-0.39, 0.29) is 0 Å². The molecule has 0 aliphatic heterocycles. The molecule has 0 unspecified atom stereocenters. The van der Waals surface area contributed by atoms with E-state index in [1.807, 2.05) is 12.1 Å². The molecule has 0 N–H and O–H groups in total. The molecule has 124 valence electrons. The second-order valence-electron chi connectivity index (χ2n) is 5.88. The molecular formula is C19H19NO3S. The summed E-state index contributed by atoms with van der Waals surface area (Å²) in [6.45, 7) is 0. The number of ether oxygens (including phenoxy) is 3. The van der Waals surface area contributed by atoms with E-state index >= 15 is 0 Å². The van der Waals surface area contributed by atoms with Gasteiger partial charge in [0.1, 0.15) is 5.01 Å². The number of methoxy groups -OCH3 is 3. The average Bonchev–Trinajstić information content (AvgIpc) is 3.23. The van der Waals surface area contributed by atoms with Gasteiger partial charge in [0, 0.05) is 5.56 Å². The molecule has 2 aromatic carbocycles. The SMILES string of the molecule is COc1cc(-c2nc3cc4c(cc3s2)CCC4)cc(OC)c1OC. The predicted octanol–water partition coefficient (Wildman–Crippen LogP) is 4.48. The van der Waals surface area contributed by atoms with E-state index in [1.165, 1.54) is 35.1 Å². The van der Waals surface area contributed by atoms with Gasteiger partial charge in [-0.25, -0.2) is 4.98 Å². The van der Waals surface area contributed by atoms with Gasteiger partial charge in [-0.15, -0.1) is 11.3 Å². The first-order chi connectivity index (χ1) is 11.7. The summed E-state index contributed by atoms with van der Waals surface area (Å²) in [4.78, 5) is 4.83. The Hall–Kier alpha value is -2.27. The van der Waals surface area contributed by atoms with Gasteiger partial charge in [0.05, 0.1) is 31.5 Å². The molecule has 0 saturated carbocycles. The Labute approximate surface area is 145 Å². The van der Waals surface area contributed by atoms with Gasteiger partial charge in [0.15, 0.2) is 11.5 Å². The van der Waals surface area contributed by atoms with Crippen LogP contribution >= 0.6 is 11.3 Å². The van der Waals surface area contributed by atoms with E-state index < -0.39 is 0 Å². The van der Waals surface area contributed by atoms with Crippen molar-refractivity contribution >= 4 is 21.6 Å². The van der Waals surface area contributed by atoms with E-state index in [1.54, 1.807) is 32.7 Å². The van der Waals surface area contributed by atoms with Crippen LogP contribution in [0.2, 0.25) is 0 Å². The maximum absolute atomic E-state index is 5.45. The monoisotopic (exact) mass is 341 g/mol. The molecule has 0 spiro atoms. The maximum atomic E-state index is 5.45. The zero-order valence-corrected chi connectivity index (χ0v) is 14.8. The van der Waals surface area contributed by atoms with Gasteiger partial charge in [0.2, 0.25) is 5.75 Å². The Balaban J connectivity index is 1.85. The normalized spacial score (nSPS) is 13.1. The van der Waals surface area contributed by atoms with Crippen LogP contribution < -0.4 is 14.2 Å². The van der Waals surface area contributed by atoms with E-state index in [2.05, 4.69) is 12.1 Å². The van der Waals surface area contributed by atoms with Gasteiger partial charge in [-0.1, -0.05) is 0 Å². The van der Waals surface area contributed by atoms with Crippen molar-refractivity contribution in [3.8, 4) is 27.8 Å². The highest BCUT2D eigenvalue weighted by atomic mass is 32.1. The molecule has 0 radical (unpaired) electrons. The van der Waals surface area contributed by atoms with Crippen molar-refractivity contribution in [1.29, 1.82) is 0 Å². The van der Waals surface area contributed by atoms with E-state index in [0.717, 1.165) is 16.1 Å². The standard InChI is InChI=1S/C19H19NO3S/c1-21-15-8-13(9-16(22-2)18(15)23-3)19-20-14-7-11-5-4-6-12(11)10-17(14)24-19/h7-10H,4-6H2,1-3H3. The number of nitrogens with zero attached hydrogens (tertiary/aromatic N) is 1. The van der Waals surface area contributed by atoms with Gasteiger partial charge in [-0.2, -0.15) is 0 Å². The molecule has 1 aromatic heterocycles. The first-order valence-electron chi connectivity index (χ1n) is 7.96. The average molecular weight is 341 g/mol. The molecule has 5 heteroatoms. The summed E-state index contributed by atoms with van der Waals surface area (Å²) < 4.78 is 17.5. The van der Waals surface area contributed by atoms with Crippen LogP contribution in [0.25, 0.3) is 20.8 Å². The van der Waals surface area contributed by atoms with Crippen molar-refractivity contribution in [3.63, 3.8) is 0 Å². The number of hydrogen-bond acceptors (Lipinski definition) is 5. The Kier molecular flexibility index (Phi) is 3.81. The van der Waals surface area contributed by atoms with E-state index in [0.29, 0.717) is 17.2 Å². The second kappa shape index (κ2) is 5.98. The molecule has 0 fully saturated rings. The van der Waals surface area contributed by atoms with E-state index in [9.17, 15) is 0 Å². The second-order valence-corrected chi connectivity index (χ2v) is 6.91. The first kappa shape index (κ1) is 15.3. The first-order valence-corrected chi connectivity index (χ1v) is 8.78. The molecule has 1 heterocycles. The molecule has 4 nitrogen and oxygen atoms in total. The lowest BCUT2D eigenvalue weighted by Gasteiger charge is -2.13. The highest BCUT2D eigenvalue weighted by Crippen LogP contribution is 2.43. The molecule has 0 bridgehead atoms. The lowest BCUT2D eigenvalue weighted by Crippen LogP contribution is -1.95. The number of rotatable bonds is 4. The Morgan fingerprint density at radius 2 is 1.54 bits per heavy atom. The molecule has 1 aliphatic rings. The van der Waals surface area contributed by atoms with Crippen LogP contribution in [0.15, 0.2) is 24.3 Å². The molecule has 24 heavy (non-hydrogen) atoms. The minimum absolute atomic E-state index is 0.601. The predicted molar refractivity (Wildman–Crippen MR) is 96.7 cm³/mol. The number of aromatic nitrogens is 1. The summed E-state index contributed by atoms with van der Waals surface area (Å²) in [7, 11) is 4.87. The fraction of sp³-hybridized carbons (Fsp3) is 0.316. The van der Waals surface area contributed by atoms with Crippen molar-refractivity contribution in [2.24, 2.45) is 0 Å². The highest BCUT2D eigenvalue weighted by Gasteiger charge is 2.18. The zero-order valence-electron chi connectivity index (χ0n) is 14.0. The van der Waals surface area contributed by atoms with Crippen LogP contribution in [-0.2, 0) is 12.8 Å². The number of aryl methyl sites for hydroxylation is 2. The largest absolute Gasteiger partial charge is 0.493 e. The third-order valence-corrected chi connectivity index (χ3v) is 5.58. The van der Waals surface area contributed by atoms with Gasteiger partial charge in [-0.3, -0.25) is 0 Å². The van der Waals surface area contributed by atoms with Crippen molar-refractivity contribution in [1.82, 2.24) is 4.98 Å². The summed E-state index contributed by atoms with van der Waals surface area (Å²) in [5, 5.41) is 0.966. The topological polar surface area (TPSA) is 40.6 Å². The van der Waals surface area contributed by atoms with Crippen LogP contribution in [-0.4, -0.2) is 26.3 Å². The quantitative estimate of drug-likeness (QED) is 0.702. The molecule has 4 rings (SSSR count). The van der Waals surface area contributed by atoms with Crippen LogP contribution in [0.1, 0.15) is 17.5 Å². The van der Waals surface area contributed by atoms with E-state index in [4.69, 9.17) is 19.2 Å². The lowest BCUT2D eigenvalue weighted by molar-refractivity contribution is 0.324. The Bertz CT molecular complexity index is 850. The molecule has 3 aromatic rings. The van der Waals surface area contributed by atoms with Crippen LogP contribution in [0.5, 0.6) is 17.2 Å². The van der Waals surface area contributed by atoms with Crippen LogP contribution in [0, 0.1) is 0 Å². The number of benzene rings is 2. The third kappa shape index (κ3) is 2.40. The van der Waals surface area contributed by atoms with Crippen molar-refractivity contribution in [2.75, 3.05) is 21.3 Å². The number of hydrogen-bond donors (Lipinski definition) is 0. The number of fused-ring (bicyclic) bond motifs is 2. The van der Waals surface area contributed by atoms with Crippen molar-refractivity contribution in [2.45, 2.75) is 19.3 Å². The Morgan fingerprint density at radius 1 is 0.875 bits per heavy atom. The fourth-order valence-electron chi connectivity index (χ4n) is 3.32. The van der Waals surface area contributed by atoms with Crippen molar-refractivity contribution < 1.29 is 14.2 Å². The maximum Gasteiger partial charge on any atom is 0.203 e. The van der Waals surface area contributed by atoms with Gasteiger partial charge in [0.25, 0.3) is 0 Å². The molecule has 0 saturated heterocycles. The van der Waals surface area contributed by atoms with Gasteiger partial charge in [-0.05, 0) is 54.7 Å². The summed E-state index contributed by atoms with van der Waals surface area (Å²) >= 11 is 1.71. The summed E-state index contributed by atoms with van der Waals surface area (Å²) in [5.74, 6) is 1.89. The number of thiazole rings is 1. The minimum atomic E-state index is 0.601. The minimum Gasteiger partial charge on any atom is -0.493 e. The highest BCUT2D eigenvalue weighted by molar-refractivity contribution is 7.21. The van der Waals surface area contributed by atoms with Gasteiger partial charge >= 0.3 is 0 Å². The smallest absolute Gasteiger partial charge is 0.203 e. The Morgan fingerprint density at radius 3 is 2.17 bits per heavy atom. The van der Waals surface area contributed by atoms with Gasteiger partial charge < -0.3 is 14.2 Å². The summed E-state index contributed by atoms with van der Waals surface area (Å²) in [6, 6.07) is 8.45. The summed E-state index contributed by atoms with van der Waals surface area (Å²) in [5.41, 5.74) is 4.97. The van der Waals surface area contributed by atoms with Crippen LogP contribution in [0.3, 0.4) is 0 Å². The third-order valence-electron chi connectivity index (χ3n) is 4.51.